The molecular formula is C16H14N4OS. The maximum absolute atomic E-state index is 12.0. The Morgan fingerprint density at radius 1 is 1.14 bits per heavy atom. The van der Waals surface area contributed by atoms with Crippen LogP contribution in [0.4, 0.5) is 0 Å². The number of hydrogen-bond acceptors (Lipinski definition) is 5. The van der Waals surface area contributed by atoms with Crippen molar-refractivity contribution in [1.29, 1.82) is 0 Å². The standard InChI is InChI=1S/C16H14N4OS/c21-15(19-9-12-3-6-17-7-4-12)8-14-11-22-16(20-14)13-2-1-5-18-10-13/h1-7,10-11H,8-9H2,(H,19,21). The van der Waals surface area contributed by atoms with Gasteiger partial charge < -0.3 is 5.32 Å². The third-order valence-corrected chi connectivity index (χ3v) is 3.98. The second-order valence-corrected chi connectivity index (χ2v) is 5.55. The number of nitrogens with one attached hydrogen (secondary N) is 1. The van der Waals surface area contributed by atoms with Crippen LogP contribution in [0.15, 0.2) is 54.4 Å². The van der Waals surface area contributed by atoms with Gasteiger partial charge in [0.1, 0.15) is 5.01 Å². The Kier molecular flexibility index (Phi) is 4.50. The molecule has 0 atom stereocenters. The smallest absolute Gasteiger partial charge is 0.226 e. The molecule has 0 radical (unpaired) electrons. The van der Waals surface area contributed by atoms with Gasteiger partial charge >= 0.3 is 0 Å². The number of pyridine rings is 2. The van der Waals surface area contributed by atoms with Crippen LogP contribution in [-0.4, -0.2) is 20.9 Å². The summed E-state index contributed by atoms with van der Waals surface area (Å²) in [4.78, 5) is 24.5. The quantitative estimate of drug-likeness (QED) is 0.786. The van der Waals surface area contributed by atoms with Gasteiger partial charge in [-0.3, -0.25) is 14.8 Å². The minimum atomic E-state index is -0.0418. The first-order valence-corrected chi connectivity index (χ1v) is 7.69. The molecule has 0 fully saturated rings. The van der Waals surface area contributed by atoms with Gasteiger partial charge in [0.25, 0.3) is 0 Å². The minimum absolute atomic E-state index is 0.0418. The van der Waals surface area contributed by atoms with E-state index in [1.807, 2.05) is 29.6 Å². The molecule has 1 amide bonds. The highest BCUT2D eigenvalue weighted by Crippen LogP contribution is 2.22. The molecule has 3 heterocycles. The molecule has 0 saturated carbocycles. The number of thiazole rings is 1. The lowest BCUT2D eigenvalue weighted by Gasteiger charge is -2.03. The van der Waals surface area contributed by atoms with Crippen molar-refractivity contribution in [3.05, 3.63) is 65.7 Å². The predicted molar refractivity (Wildman–Crippen MR) is 85.1 cm³/mol. The number of aromatic nitrogens is 3. The summed E-state index contributed by atoms with van der Waals surface area (Å²) in [6, 6.07) is 7.59. The maximum Gasteiger partial charge on any atom is 0.226 e. The number of hydrogen-bond donors (Lipinski definition) is 1. The molecule has 1 N–H and O–H groups in total. The maximum atomic E-state index is 12.0. The number of carbonyl (C=O) groups excluding carboxylic acids is 1. The molecule has 0 saturated heterocycles. The fraction of sp³-hybridized carbons (Fsp3) is 0.125. The summed E-state index contributed by atoms with van der Waals surface area (Å²) in [5, 5.41) is 5.67. The lowest BCUT2D eigenvalue weighted by atomic mass is 10.2. The number of rotatable bonds is 5. The zero-order valence-electron chi connectivity index (χ0n) is 11.8. The average molecular weight is 310 g/mol. The van der Waals surface area contributed by atoms with Crippen LogP contribution in [0.1, 0.15) is 11.3 Å². The molecule has 0 aliphatic carbocycles. The lowest BCUT2D eigenvalue weighted by molar-refractivity contribution is -0.120. The van der Waals surface area contributed by atoms with Gasteiger partial charge in [0.2, 0.25) is 5.91 Å². The lowest BCUT2D eigenvalue weighted by Crippen LogP contribution is -2.24. The fourth-order valence-electron chi connectivity index (χ4n) is 1.94. The first-order chi connectivity index (χ1) is 10.8. The van der Waals surface area contributed by atoms with Crippen molar-refractivity contribution < 1.29 is 4.79 Å². The zero-order chi connectivity index (χ0) is 15.2. The molecular weight excluding hydrogens is 296 g/mol. The van der Waals surface area contributed by atoms with E-state index in [0.29, 0.717) is 6.54 Å². The summed E-state index contributed by atoms with van der Waals surface area (Å²) in [6.07, 6.45) is 7.20. The second kappa shape index (κ2) is 6.91. The van der Waals surface area contributed by atoms with Gasteiger partial charge in [-0.1, -0.05) is 0 Å². The van der Waals surface area contributed by atoms with E-state index < -0.39 is 0 Å². The Hall–Kier alpha value is -2.60. The first kappa shape index (κ1) is 14.3. The van der Waals surface area contributed by atoms with Gasteiger partial charge in [-0.2, -0.15) is 0 Å². The third kappa shape index (κ3) is 3.73. The molecule has 0 bridgehead atoms. The molecule has 3 aromatic heterocycles. The largest absolute Gasteiger partial charge is 0.352 e. The molecule has 0 spiro atoms. The van der Waals surface area contributed by atoms with Crippen molar-refractivity contribution in [2.24, 2.45) is 0 Å². The van der Waals surface area contributed by atoms with Gasteiger partial charge in [-0.15, -0.1) is 11.3 Å². The van der Waals surface area contributed by atoms with Crippen molar-refractivity contribution in [3.63, 3.8) is 0 Å². The monoisotopic (exact) mass is 310 g/mol. The minimum Gasteiger partial charge on any atom is -0.352 e. The highest BCUT2D eigenvalue weighted by Gasteiger charge is 2.09. The average Bonchev–Trinajstić information content (AvgIpc) is 3.03. The molecule has 0 aliphatic heterocycles. The molecule has 0 aromatic carbocycles. The van der Waals surface area contributed by atoms with E-state index in [2.05, 4.69) is 20.3 Å². The Balaban J connectivity index is 1.57. The molecule has 6 heteroatoms. The molecule has 3 aromatic rings. The summed E-state index contributed by atoms with van der Waals surface area (Å²) in [5.41, 5.74) is 2.77. The van der Waals surface area contributed by atoms with Crippen LogP contribution in [-0.2, 0) is 17.8 Å². The summed E-state index contributed by atoms with van der Waals surface area (Å²) >= 11 is 1.52. The van der Waals surface area contributed by atoms with Crippen LogP contribution in [0.2, 0.25) is 0 Å². The Labute approximate surface area is 132 Å². The van der Waals surface area contributed by atoms with Crippen molar-refractivity contribution in [2.75, 3.05) is 0 Å². The first-order valence-electron chi connectivity index (χ1n) is 6.81. The van der Waals surface area contributed by atoms with Crippen molar-refractivity contribution in [3.8, 4) is 10.6 Å². The van der Waals surface area contributed by atoms with Gasteiger partial charge in [-0.25, -0.2) is 4.98 Å². The van der Waals surface area contributed by atoms with Crippen LogP contribution in [0.25, 0.3) is 10.6 Å². The van der Waals surface area contributed by atoms with E-state index in [9.17, 15) is 4.79 Å². The Bertz CT molecular complexity index is 743. The van der Waals surface area contributed by atoms with Crippen LogP contribution >= 0.6 is 11.3 Å². The second-order valence-electron chi connectivity index (χ2n) is 4.69. The van der Waals surface area contributed by atoms with Crippen LogP contribution < -0.4 is 5.32 Å². The van der Waals surface area contributed by atoms with E-state index in [4.69, 9.17) is 0 Å². The fourth-order valence-corrected chi connectivity index (χ4v) is 2.75. The third-order valence-electron chi connectivity index (χ3n) is 3.04. The molecule has 0 unspecified atom stereocenters. The molecule has 3 rings (SSSR count). The van der Waals surface area contributed by atoms with Gasteiger partial charge in [0.15, 0.2) is 0 Å². The van der Waals surface area contributed by atoms with Crippen LogP contribution in [0.5, 0.6) is 0 Å². The van der Waals surface area contributed by atoms with Crippen molar-refractivity contribution in [2.45, 2.75) is 13.0 Å². The topological polar surface area (TPSA) is 67.8 Å². The Morgan fingerprint density at radius 2 is 2.00 bits per heavy atom. The summed E-state index contributed by atoms with van der Waals surface area (Å²) in [5.74, 6) is -0.0418. The van der Waals surface area contributed by atoms with E-state index >= 15 is 0 Å². The van der Waals surface area contributed by atoms with E-state index in [-0.39, 0.29) is 12.3 Å². The molecule has 22 heavy (non-hydrogen) atoms. The molecule has 0 aliphatic rings. The molecule has 110 valence electrons. The van der Waals surface area contributed by atoms with Crippen LogP contribution in [0, 0.1) is 0 Å². The Morgan fingerprint density at radius 3 is 2.77 bits per heavy atom. The van der Waals surface area contributed by atoms with E-state index in [1.54, 1.807) is 24.8 Å². The van der Waals surface area contributed by atoms with E-state index in [1.165, 1.54) is 11.3 Å². The predicted octanol–water partition coefficient (Wildman–Crippen LogP) is 2.46. The SMILES string of the molecule is O=C(Cc1csc(-c2cccnc2)n1)NCc1ccncc1. The summed E-state index contributed by atoms with van der Waals surface area (Å²) < 4.78 is 0. The van der Waals surface area contributed by atoms with Gasteiger partial charge in [0.05, 0.1) is 12.1 Å². The number of nitrogens with zero attached hydrogens (tertiary/aromatic N) is 3. The zero-order valence-corrected chi connectivity index (χ0v) is 12.6. The van der Waals surface area contributed by atoms with Gasteiger partial charge in [-0.05, 0) is 29.8 Å². The molecule has 5 nitrogen and oxygen atoms in total. The number of amides is 1. The summed E-state index contributed by atoms with van der Waals surface area (Å²) in [6.45, 7) is 0.501. The van der Waals surface area contributed by atoms with Crippen molar-refractivity contribution >= 4 is 17.2 Å². The van der Waals surface area contributed by atoms with Gasteiger partial charge in [0, 0.05) is 42.3 Å². The number of carbonyl (C=O) groups is 1. The summed E-state index contributed by atoms with van der Waals surface area (Å²) in [7, 11) is 0. The highest BCUT2D eigenvalue weighted by molar-refractivity contribution is 7.13. The highest BCUT2D eigenvalue weighted by atomic mass is 32.1. The van der Waals surface area contributed by atoms with Crippen molar-refractivity contribution in [1.82, 2.24) is 20.3 Å². The van der Waals surface area contributed by atoms with E-state index in [0.717, 1.165) is 21.8 Å². The van der Waals surface area contributed by atoms with Crippen LogP contribution in [0.3, 0.4) is 0 Å². The normalized spacial score (nSPS) is 10.4.